The molecule has 0 atom stereocenters. The van der Waals surface area contributed by atoms with E-state index in [1.54, 1.807) is 0 Å². The van der Waals surface area contributed by atoms with Crippen molar-refractivity contribution >= 4 is 11.8 Å². The fourth-order valence-electron chi connectivity index (χ4n) is 1.76. The number of hydrogen-bond acceptors (Lipinski definition) is 3. The zero-order chi connectivity index (χ0) is 12.3. The number of hydrogen-bond donors (Lipinski definition) is 0. The van der Waals surface area contributed by atoms with E-state index in [9.17, 15) is 9.59 Å². The summed E-state index contributed by atoms with van der Waals surface area (Å²) >= 11 is 0. The molecule has 0 aliphatic carbocycles. The summed E-state index contributed by atoms with van der Waals surface area (Å²) in [6, 6.07) is 7.68. The summed E-state index contributed by atoms with van der Waals surface area (Å²) in [5.41, 5.74) is 1.17. The first-order valence-corrected chi connectivity index (χ1v) is 5.69. The summed E-state index contributed by atoms with van der Waals surface area (Å²) in [4.78, 5) is 23.9. The van der Waals surface area contributed by atoms with Crippen molar-refractivity contribution in [2.45, 2.75) is 19.8 Å². The molecule has 90 valence electrons. The van der Waals surface area contributed by atoms with Gasteiger partial charge in [0.15, 0.2) is 0 Å². The first-order chi connectivity index (χ1) is 8.16. The lowest BCUT2D eigenvalue weighted by Crippen LogP contribution is -2.33. The molecule has 1 aromatic carbocycles. The Morgan fingerprint density at radius 2 is 1.71 bits per heavy atom. The lowest BCUT2D eigenvalue weighted by molar-refractivity contribution is -0.138. The van der Waals surface area contributed by atoms with Crippen molar-refractivity contribution in [1.82, 2.24) is 4.90 Å². The highest BCUT2D eigenvalue weighted by Gasteiger charge is 2.28. The van der Waals surface area contributed by atoms with Gasteiger partial charge in [0.2, 0.25) is 11.8 Å². The standard InChI is InChI=1S/C13H15NO3/c1-10-2-4-11(5-3-10)17-9-8-14-12(15)6-7-13(14)16/h2-5H,6-9H2,1H3. The van der Waals surface area contributed by atoms with Gasteiger partial charge in [-0.1, -0.05) is 17.7 Å². The molecular weight excluding hydrogens is 218 g/mol. The molecule has 0 N–H and O–H groups in total. The molecule has 0 unspecified atom stereocenters. The highest BCUT2D eigenvalue weighted by molar-refractivity contribution is 6.01. The van der Waals surface area contributed by atoms with Crippen molar-refractivity contribution in [3.63, 3.8) is 0 Å². The molecule has 0 saturated carbocycles. The molecule has 0 spiro atoms. The minimum atomic E-state index is -0.0949. The number of likely N-dealkylation sites (tertiary alicyclic amines) is 1. The summed E-state index contributed by atoms with van der Waals surface area (Å²) in [6.07, 6.45) is 0.673. The lowest BCUT2D eigenvalue weighted by Gasteiger charge is -2.14. The summed E-state index contributed by atoms with van der Waals surface area (Å²) in [7, 11) is 0. The molecule has 1 heterocycles. The van der Waals surface area contributed by atoms with Crippen molar-refractivity contribution in [3.05, 3.63) is 29.8 Å². The van der Waals surface area contributed by atoms with E-state index >= 15 is 0 Å². The zero-order valence-electron chi connectivity index (χ0n) is 9.81. The van der Waals surface area contributed by atoms with Gasteiger partial charge in [0, 0.05) is 12.8 Å². The van der Waals surface area contributed by atoms with Crippen molar-refractivity contribution in [1.29, 1.82) is 0 Å². The van der Waals surface area contributed by atoms with Crippen LogP contribution in [0.2, 0.25) is 0 Å². The molecule has 4 heteroatoms. The van der Waals surface area contributed by atoms with Crippen LogP contribution in [0, 0.1) is 6.92 Å². The topological polar surface area (TPSA) is 46.6 Å². The van der Waals surface area contributed by atoms with Crippen LogP contribution >= 0.6 is 0 Å². The Morgan fingerprint density at radius 3 is 2.29 bits per heavy atom. The third-order valence-corrected chi connectivity index (χ3v) is 2.76. The number of amides is 2. The number of carbonyl (C=O) groups excluding carboxylic acids is 2. The van der Waals surface area contributed by atoms with Crippen molar-refractivity contribution in [2.24, 2.45) is 0 Å². The molecule has 2 amide bonds. The first kappa shape index (κ1) is 11.6. The van der Waals surface area contributed by atoms with Crippen LogP contribution in [0.25, 0.3) is 0 Å². The summed E-state index contributed by atoms with van der Waals surface area (Å²) in [5, 5.41) is 0. The average molecular weight is 233 g/mol. The van der Waals surface area contributed by atoms with Gasteiger partial charge in [-0.05, 0) is 19.1 Å². The van der Waals surface area contributed by atoms with Gasteiger partial charge in [-0.2, -0.15) is 0 Å². The Morgan fingerprint density at radius 1 is 1.12 bits per heavy atom. The first-order valence-electron chi connectivity index (χ1n) is 5.69. The molecule has 0 bridgehead atoms. The van der Waals surface area contributed by atoms with Crippen LogP contribution < -0.4 is 4.74 Å². The van der Waals surface area contributed by atoms with Gasteiger partial charge in [-0.3, -0.25) is 14.5 Å². The average Bonchev–Trinajstić information content (AvgIpc) is 2.63. The number of benzene rings is 1. The number of rotatable bonds is 4. The second-order valence-electron chi connectivity index (χ2n) is 4.10. The Labute approximate surface area is 100 Å². The SMILES string of the molecule is Cc1ccc(OCCN2C(=O)CCC2=O)cc1. The van der Waals surface area contributed by atoms with E-state index in [0.29, 0.717) is 26.0 Å². The third-order valence-electron chi connectivity index (χ3n) is 2.76. The fourth-order valence-corrected chi connectivity index (χ4v) is 1.76. The molecule has 1 saturated heterocycles. The maximum absolute atomic E-state index is 11.3. The van der Waals surface area contributed by atoms with Crippen LogP contribution in [-0.2, 0) is 9.59 Å². The quantitative estimate of drug-likeness (QED) is 0.741. The minimum Gasteiger partial charge on any atom is -0.492 e. The smallest absolute Gasteiger partial charge is 0.229 e. The number of nitrogens with zero attached hydrogens (tertiary/aromatic N) is 1. The normalized spacial score (nSPS) is 15.5. The number of imide groups is 1. The monoisotopic (exact) mass is 233 g/mol. The van der Waals surface area contributed by atoms with Gasteiger partial charge in [0.25, 0.3) is 0 Å². The fraction of sp³-hybridized carbons (Fsp3) is 0.385. The molecule has 2 rings (SSSR count). The molecule has 0 aromatic heterocycles. The molecule has 1 aromatic rings. The van der Waals surface area contributed by atoms with E-state index in [0.717, 1.165) is 5.75 Å². The van der Waals surface area contributed by atoms with Gasteiger partial charge < -0.3 is 4.74 Å². The molecule has 1 fully saturated rings. The maximum Gasteiger partial charge on any atom is 0.229 e. The van der Waals surface area contributed by atoms with E-state index in [1.807, 2.05) is 31.2 Å². The predicted molar refractivity (Wildman–Crippen MR) is 62.6 cm³/mol. The van der Waals surface area contributed by atoms with Gasteiger partial charge in [0.05, 0.1) is 6.54 Å². The van der Waals surface area contributed by atoms with E-state index in [1.165, 1.54) is 10.5 Å². The van der Waals surface area contributed by atoms with E-state index in [-0.39, 0.29) is 11.8 Å². The summed E-state index contributed by atoms with van der Waals surface area (Å²) < 4.78 is 5.47. The molecule has 1 aliphatic heterocycles. The third kappa shape index (κ3) is 2.84. The molecular formula is C13H15NO3. The Kier molecular flexibility index (Phi) is 3.42. The van der Waals surface area contributed by atoms with Crippen LogP contribution in [0.1, 0.15) is 18.4 Å². The van der Waals surface area contributed by atoms with Crippen LogP contribution in [0.4, 0.5) is 0 Å². The zero-order valence-corrected chi connectivity index (χ0v) is 9.81. The van der Waals surface area contributed by atoms with Gasteiger partial charge in [-0.25, -0.2) is 0 Å². The van der Waals surface area contributed by atoms with Crippen LogP contribution in [0.3, 0.4) is 0 Å². The summed E-state index contributed by atoms with van der Waals surface area (Å²) in [6.45, 7) is 2.69. The highest BCUT2D eigenvalue weighted by atomic mass is 16.5. The Balaban J connectivity index is 1.81. The Bertz CT molecular complexity index is 409. The maximum atomic E-state index is 11.3. The summed E-state index contributed by atoms with van der Waals surface area (Å²) in [5.74, 6) is 0.569. The van der Waals surface area contributed by atoms with E-state index in [2.05, 4.69) is 0 Å². The highest BCUT2D eigenvalue weighted by Crippen LogP contribution is 2.13. The van der Waals surface area contributed by atoms with E-state index < -0.39 is 0 Å². The molecule has 17 heavy (non-hydrogen) atoms. The number of aryl methyl sites for hydroxylation is 1. The van der Waals surface area contributed by atoms with Gasteiger partial charge >= 0.3 is 0 Å². The number of ether oxygens (including phenoxy) is 1. The second kappa shape index (κ2) is 4.99. The Hall–Kier alpha value is -1.84. The number of carbonyl (C=O) groups is 2. The van der Waals surface area contributed by atoms with Crippen molar-refractivity contribution < 1.29 is 14.3 Å². The van der Waals surface area contributed by atoms with Gasteiger partial charge in [0.1, 0.15) is 12.4 Å². The predicted octanol–water partition coefficient (Wildman–Crippen LogP) is 1.52. The molecule has 0 radical (unpaired) electrons. The van der Waals surface area contributed by atoms with Crippen LogP contribution in [0.5, 0.6) is 5.75 Å². The van der Waals surface area contributed by atoms with Crippen molar-refractivity contribution in [2.75, 3.05) is 13.2 Å². The second-order valence-corrected chi connectivity index (χ2v) is 4.10. The van der Waals surface area contributed by atoms with Crippen LogP contribution in [0.15, 0.2) is 24.3 Å². The van der Waals surface area contributed by atoms with Crippen LogP contribution in [-0.4, -0.2) is 29.9 Å². The largest absolute Gasteiger partial charge is 0.492 e. The minimum absolute atomic E-state index is 0.0949. The lowest BCUT2D eigenvalue weighted by atomic mass is 10.2. The van der Waals surface area contributed by atoms with Gasteiger partial charge in [-0.15, -0.1) is 0 Å². The van der Waals surface area contributed by atoms with Crippen molar-refractivity contribution in [3.8, 4) is 5.75 Å². The van der Waals surface area contributed by atoms with E-state index in [4.69, 9.17) is 4.74 Å². The molecule has 4 nitrogen and oxygen atoms in total. The molecule has 1 aliphatic rings.